The Labute approximate surface area is 164 Å². The third-order valence-corrected chi connectivity index (χ3v) is 4.12. The molecule has 1 heterocycles. The Bertz CT molecular complexity index is 1010. The number of benzene rings is 2. The van der Waals surface area contributed by atoms with Crippen molar-refractivity contribution in [2.24, 2.45) is 0 Å². The first kappa shape index (κ1) is 19.0. The lowest BCUT2D eigenvalue weighted by Gasteiger charge is -2.22. The van der Waals surface area contributed by atoms with Gasteiger partial charge in [0, 0.05) is 17.9 Å². The zero-order valence-corrected chi connectivity index (χ0v) is 15.7. The van der Waals surface area contributed by atoms with Gasteiger partial charge in [0.05, 0.1) is 35.0 Å². The van der Waals surface area contributed by atoms with Crippen molar-refractivity contribution in [3.8, 4) is 12.1 Å². The van der Waals surface area contributed by atoms with Crippen LogP contribution in [0.2, 0.25) is 0 Å². The number of anilines is 2. The normalized spacial score (nSPS) is 11.5. The molecule has 6 heteroatoms. The second kappa shape index (κ2) is 8.77. The van der Waals surface area contributed by atoms with E-state index in [-0.39, 0.29) is 12.1 Å². The molecule has 1 aromatic heterocycles. The van der Waals surface area contributed by atoms with Gasteiger partial charge in [-0.15, -0.1) is 0 Å². The van der Waals surface area contributed by atoms with Gasteiger partial charge in [-0.25, -0.2) is 9.97 Å². The summed E-state index contributed by atoms with van der Waals surface area (Å²) < 4.78 is 0. The van der Waals surface area contributed by atoms with Crippen LogP contribution in [0.1, 0.15) is 42.3 Å². The standard InChI is InChI=1S/C22H20N6/c1-15(2)26-21(18-7-3-16(13-23)4-8-18)20-11-12-25-22(28-20)27-19-9-5-17(14-24)6-10-19/h3-12,15,21,26H,1-2H3,(H,25,27,28). The van der Waals surface area contributed by atoms with E-state index in [1.807, 2.05) is 30.3 Å². The third kappa shape index (κ3) is 4.70. The fourth-order valence-corrected chi connectivity index (χ4v) is 2.79. The maximum Gasteiger partial charge on any atom is 0.227 e. The van der Waals surface area contributed by atoms with Crippen LogP contribution in [0.25, 0.3) is 0 Å². The summed E-state index contributed by atoms with van der Waals surface area (Å²) in [6, 6.07) is 20.8. The lowest BCUT2D eigenvalue weighted by Crippen LogP contribution is -2.29. The molecule has 0 saturated heterocycles. The molecule has 138 valence electrons. The van der Waals surface area contributed by atoms with E-state index in [1.165, 1.54) is 0 Å². The van der Waals surface area contributed by atoms with Gasteiger partial charge in [-0.2, -0.15) is 10.5 Å². The molecule has 0 radical (unpaired) electrons. The minimum atomic E-state index is -0.128. The minimum absolute atomic E-state index is 0.128. The van der Waals surface area contributed by atoms with Crippen molar-refractivity contribution in [3.63, 3.8) is 0 Å². The van der Waals surface area contributed by atoms with Gasteiger partial charge in [-0.05, 0) is 61.9 Å². The summed E-state index contributed by atoms with van der Waals surface area (Å²) in [6.07, 6.45) is 1.72. The quantitative estimate of drug-likeness (QED) is 0.681. The predicted octanol–water partition coefficient (Wildman–Crippen LogP) is 4.05. The predicted molar refractivity (Wildman–Crippen MR) is 108 cm³/mol. The number of nitrogens with one attached hydrogen (secondary N) is 2. The van der Waals surface area contributed by atoms with Gasteiger partial charge in [0.15, 0.2) is 0 Å². The maximum absolute atomic E-state index is 9.03. The second-order valence-electron chi connectivity index (χ2n) is 6.61. The molecule has 0 aliphatic rings. The SMILES string of the molecule is CC(C)NC(c1ccc(C#N)cc1)c1ccnc(Nc2ccc(C#N)cc2)n1. The average molecular weight is 368 g/mol. The number of hydrogen-bond acceptors (Lipinski definition) is 6. The highest BCUT2D eigenvalue weighted by atomic mass is 15.1. The Morgan fingerprint density at radius 2 is 1.46 bits per heavy atom. The van der Waals surface area contributed by atoms with E-state index in [0.717, 1.165) is 16.9 Å². The summed E-state index contributed by atoms with van der Waals surface area (Å²) in [7, 11) is 0. The molecule has 0 saturated carbocycles. The molecule has 0 spiro atoms. The van der Waals surface area contributed by atoms with E-state index < -0.39 is 0 Å². The molecule has 0 aliphatic carbocycles. The van der Waals surface area contributed by atoms with Crippen molar-refractivity contribution in [2.45, 2.75) is 25.9 Å². The number of rotatable bonds is 6. The lowest BCUT2D eigenvalue weighted by atomic mass is 10.0. The molecule has 1 unspecified atom stereocenters. The monoisotopic (exact) mass is 368 g/mol. The van der Waals surface area contributed by atoms with Crippen molar-refractivity contribution in [1.29, 1.82) is 10.5 Å². The molecule has 0 aliphatic heterocycles. The van der Waals surface area contributed by atoms with E-state index in [2.05, 4.69) is 46.6 Å². The number of aromatic nitrogens is 2. The highest BCUT2D eigenvalue weighted by molar-refractivity contribution is 5.55. The Hall–Kier alpha value is -3.74. The van der Waals surface area contributed by atoms with E-state index >= 15 is 0 Å². The summed E-state index contributed by atoms with van der Waals surface area (Å²) in [6.45, 7) is 4.15. The highest BCUT2D eigenvalue weighted by Gasteiger charge is 2.17. The van der Waals surface area contributed by atoms with Crippen LogP contribution in [0.15, 0.2) is 60.8 Å². The smallest absolute Gasteiger partial charge is 0.227 e. The van der Waals surface area contributed by atoms with Crippen LogP contribution in [-0.4, -0.2) is 16.0 Å². The molecule has 1 atom stereocenters. The van der Waals surface area contributed by atoms with Crippen LogP contribution in [0, 0.1) is 22.7 Å². The third-order valence-electron chi connectivity index (χ3n) is 4.12. The molecular formula is C22H20N6. The number of nitriles is 2. The van der Waals surface area contributed by atoms with Gasteiger partial charge in [0.25, 0.3) is 0 Å². The lowest BCUT2D eigenvalue weighted by molar-refractivity contribution is 0.520. The first-order chi connectivity index (χ1) is 13.6. The summed E-state index contributed by atoms with van der Waals surface area (Å²) >= 11 is 0. The van der Waals surface area contributed by atoms with E-state index in [4.69, 9.17) is 10.5 Å². The summed E-state index contributed by atoms with van der Waals surface area (Å²) in [5, 5.41) is 24.6. The molecular weight excluding hydrogens is 348 g/mol. The zero-order valence-electron chi connectivity index (χ0n) is 15.7. The number of nitrogens with zero attached hydrogens (tertiary/aromatic N) is 4. The summed E-state index contributed by atoms with van der Waals surface area (Å²) in [4.78, 5) is 8.97. The Morgan fingerprint density at radius 1 is 0.857 bits per heavy atom. The fraction of sp³-hybridized carbons (Fsp3) is 0.182. The summed E-state index contributed by atoms with van der Waals surface area (Å²) in [5.74, 6) is 0.478. The van der Waals surface area contributed by atoms with Crippen LogP contribution in [-0.2, 0) is 0 Å². The molecule has 0 bridgehead atoms. The number of hydrogen-bond donors (Lipinski definition) is 2. The van der Waals surface area contributed by atoms with Crippen LogP contribution in [0.4, 0.5) is 11.6 Å². The van der Waals surface area contributed by atoms with Crippen LogP contribution >= 0.6 is 0 Å². The average Bonchev–Trinajstić information content (AvgIpc) is 2.73. The van der Waals surface area contributed by atoms with Crippen molar-refractivity contribution >= 4 is 11.6 Å². The van der Waals surface area contributed by atoms with Crippen molar-refractivity contribution < 1.29 is 0 Å². The van der Waals surface area contributed by atoms with Crippen LogP contribution in [0.3, 0.4) is 0 Å². The second-order valence-corrected chi connectivity index (χ2v) is 6.61. The molecule has 3 aromatic rings. The van der Waals surface area contributed by atoms with Gasteiger partial charge < -0.3 is 10.6 Å². The molecule has 2 N–H and O–H groups in total. The van der Waals surface area contributed by atoms with E-state index in [1.54, 1.807) is 30.5 Å². The Balaban J connectivity index is 1.88. The van der Waals surface area contributed by atoms with Crippen LogP contribution < -0.4 is 10.6 Å². The molecule has 3 rings (SSSR count). The fourth-order valence-electron chi connectivity index (χ4n) is 2.79. The highest BCUT2D eigenvalue weighted by Crippen LogP contribution is 2.23. The zero-order chi connectivity index (χ0) is 19.9. The van der Waals surface area contributed by atoms with Crippen molar-refractivity contribution in [1.82, 2.24) is 15.3 Å². The molecule has 2 aromatic carbocycles. The van der Waals surface area contributed by atoms with Crippen molar-refractivity contribution in [3.05, 3.63) is 83.2 Å². The molecule has 6 nitrogen and oxygen atoms in total. The summed E-state index contributed by atoms with van der Waals surface area (Å²) in [5.41, 5.74) is 3.88. The maximum atomic E-state index is 9.03. The van der Waals surface area contributed by atoms with E-state index in [0.29, 0.717) is 17.1 Å². The van der Waals surface area contributed by atoms with Gasteiger partial charge in [0.2, 0.25) is 5.95 Å². The van der Waals surface area contributed by atoms with Gasteiger partial charge >= 0.3 is 0 Å². The first-order valence-corrected chi connectivity index (χ1v) is 8.95. The van der Waals surface area contributed by atoms with Crippen LogP contribution in [0.5, 0.6) is 0 Å². The van der Waals surface area contributed by atoms with Gasteiger partial charge in [0.1, 0.15) is 0 Å². The van der Waals surface area contributed by atoms with Gasteiger partial charge in [-0.1, -0.05) is 12.1 Å². The molecule has 0 fully saturated rings. The van der Waals surface area contributed by atoms with E-state index in [9.17, 15) is 0 Å². The van der Waals surface area contributed by atoms with Gasteiger partial charge in [-0.3, -0.25) is 0 Å². The minimum Gasteiger partial charge on any atom is -0.324 e. The first-order valence-electron chi connectivity index (χ1n) is 8.95. The topological polar surface area (TPSA) is 97.4 Å². The van der Waals surface area contributed by atoms with Crippen molar-refractivity contribution in [2.75, 3.05) is 5.32 Å². The molecule has 0 amide bonds. The Kier molecular flexibility index (Phi) is 5.96. The Morgan fingerprint density at radius 3 is 2.04 bits per heavy atom. The largest absolute Gasteiger partial charge is 0.324 e. The molecule has 28 heavy (non-hydrogen) atoms.